The van der Waals surface area contributed by atoms with Gasteiger partial charge in [0.2, 0.25) is 5.88 Å². The highest BCUT2D eigenvalue weighted by atomic mass is 32.1. The molecular weight excluding hydrogens is 437 g/mol. The second-order valence-corrected chi connectivity index (χ2v) is 8.98. The zero-order valence-electron chi connectivity index (χ0n) is 18.3. The van der Waals surface area contributed by atoms with E-state index < -0.39 is 0 Å². The van der Waals surface area contributed by atoms with Crippen molar-refractivity contribution in [2.45, 2.75) is 38.8 Å². The standard InChI is InChI=1S/C26H24FN3O2S/c1-2-23-22(17-29(19-13-14-19)25(31)24-12-7-15-33-24)26(32-21-11-6-8-18(27)16-21)30(28-23)20-9-4-3-5-10-20/h3-12,15-16,19H,2,13-14,17H2,1H3. The van der Waals surface area contributed by atoms with E-state index in [1.54, 1.807) is 16.8 Å². The number of halogens is 1. The molecule has 0 atom stereocenters. The highest BCUT2D eigenvalue weighted by Crippen LogP contribution is 2.36. The summed E-state index contributed by atoms with van der Waals surface area (Å²) in [5.74, 6) is 0.550. The summed E-state index contributed by atoms with van der Waals surface area (Å²) in [6.45, 7) is 2.43. The lowest BCUT2D eigenvalue weighted by Crippen LogP contribution is -2.32. The Hall–Kier alpha value is -3.45. The molecule has 5 nitrogen and oxygen atoms in total. The lowest BCUT2D eigenvalue weighted by molar-refractivity contribution is 0.0733. The Morgan fingerprint density at radius 1 is 1.15 bits per heavy atom. The number of benzene rings is 2. The van der Waals surface area contributed by atoms with Gasteiger partial charge in [-0.3, -0.25) is 4.79 Å². The van der Waals surface area contributed by atoms with Crippen LogP contribution in [-0.4, -0.2) is 26.6 Å². The van der Waals surface area contributed by atoms with Crippen LogP contribution < -0.4 is 4.74 Å². The summed E-state index contributed by atoms with van der Waals surface area (Å²) >= 11 is 1.45. The summed E-state index contributed by atoms with van der Waals surface area (Å²) in [6, 6.07) is 19.8. The van der Waals surface area contributed by atoms with Gasteiger partial charge in [-0.1, -0.05) is 37.3 Å². The third-order valence-electron chi connectivity index (χ3n) is 5.67. The quantitative estimate of drug-likeness (QED) is 0.312. The molecule has 7 heteroatoms. The van der Waals surface area contributed by atoms with Gasteiger partial charge >= 0.3 is 0 Å². The second-order valence-electron chi connectivity index (χ2n) is 8.03. The molecule has 168 valence electrons. The molecule has 1 fully saturated rings. The van der Waals surface area contributed by atoms with Gasteiger partial charge in [-0.2, -0.15) is 5.10 Å². The molecule has 2 heterocycles. The van der Waals surface area contributed by atoms with Gasteiger partial charge in [0.1, 0.15) is 11.6 Å². The van der Waals surface area contributed by atoms with Crippen LogP contribution in [0.3, 0.4) is 0 Å². The number of para-hydroxylation sites is 1. The van der Waals surface area contributed by atoms with Crippen LogP contribution in [0.1, 0.15) is 40.7 Å². The molecule has 1 amide bonds. The van der Waals surface area contributed by atoms with Crippen molar-refractivity contribution in [2.24, 2.45) is 0 Å². The predicted octanol–water partition coefficient (Wildman–Crippen LogP) is 6.23. The van der Waals surface area contributed by atoms with Crippen molar-refractivity contribution in [1.29, 1.82) is 0 Å². The zero-order chi connectivity index (χ0) is 22.8. The van der Waals surface area contributed by atoms with Crippen molar-refractivity contribution in [1.82, 2.24) is 14.7 Å². The van der Waals surface area contributed by atoms with E-state index in [1.807, 2.05) is 59.7 Å². The minimum absolute atomic E-state index is 0.0266. The number of hydrogen-bond donors (Lipinski definition) is 0. The van der Waals surface area contributed by atoms with Crippen molar-refractivity contribution in [3.05, 3.63) is 94.1 Å². The first-order valence-electron chi connectivity index (χ1n) is 11.1. The maximum Gasteiger partial charge on any atom is 0.264 e. The highest BCUT2D eigenvalue weighted by molar-refractivity contribution is 7.12. The molecule has 0 spiro atoms. The number of aromatic nitrogens is 2. The molecule has 4 aromatic rings. The van der Waals surface area contributed by atoms with Crippen LogP contribution in [0, 0.1) is 5.82 Å². The van der Waals surface area contributed by atoms with Crippen LogP contribution in [0.5, 0.6) is 11.6 Å². The monoisotopic (exact) mass is 461 g/mol. The van der Waals surface area contributed by atoms with Crippen LogP contribution in [0.15, 0.2) is 72.1 Å². The fourth-order valence-electron chi connectivity index (χ4n) is 3.88. The second kappa shape index (κ2) is 9.19. The molecule has 1 aliphatic carbocycles. The van der Waals surface area contributed by atoms with E-state index >= 15 is 0 Å². The van der Waals surface area contributed by atoms with Crippen LogP contribution in [-0.2, 0) is 13.0 Å². The summed E-state index contributed by atoms with van der Waals surface area (Å²) in [7, 11) is 0. The molecule has 1 saturated carbocycles. The Kier molecular flexibility index (Phi) is 5.96. The van der Waals surface area contributed by atoms with Crippen LogP contribution in [0.4, 0.5) is 4.39 Å². The van der Waals surface area contributed by atoms with Crippen molar-refractivity contribution in [3.63, 3.8) is 0 Å². The summed E-state index contributed by atoms with van der Waals surface area (Å²) in [5.41, 5.74) is 2.55. The third kappa shape index (κ3) is 4.54. The maximum atomic E-state index is 13.9. The summed E-state index contributed by atoms with van der Waals surface area (Å²) < 4.78 is 21.9. The number of ether oxygens (including phenoxy) is 1. The first-order chi connectivity index (χ1) is 16.1. The Morgan fingerprint density at radius 2 is 1.97 bits per heavy atom. The number of nitrogens with zero attached hydrogens (tertiary/aromatic N) is 3. The van der Waals surface area contributed by atoms with E-state index in [0.717, 1.165) is 34.7 Å². The normalized spacial score (nSPS) is 13.2. The van der Waals surface area contributed by atoms with Gasteiger partial charge in [0.15, 0.2) is 0 Å². The molecule has 0 aliphatic heterocycles. The number of amides is 1. The van der Waals surface area contributed by atoms with Crippen molar-refractivity contribution >= 4 is 17.2 Å². The SMILES string of the molecule is CCc1nn(-c2ccccc2)c(Oc2cccc(F)c2)c1CN(C(=O)c1cccs1)C1CC1. The van der Waals surface area contributed by atoms with E-state index in [9.17, 15) is 9.18 Å². The molecule has 33 heavy (non-hydrogen) atoms. The average molecular weight is 462 g/mol. The van der Waals surface area contributed by atoms with E-state index in [4.69, 9.17) is 9.84 Å². The maximum absolute atomic E-state index is 13.9. The van der Waals surface area contributed by atoms with Crippen LogP contribution in [0.2, 0.25) is 0 Å². The molecule has 2 aromatic carbocycles. The predicted molar refractivity (Wildman–Crippen MR) is 127 cm³/mol. The molecule has 0 radical (unpaired) electrons. The topological polar surface area (TPSA) is 47.4 Å². The molecule has 1 aliphatic rings. The molecule has 0 bridgehead atoms. The number of carbonyl (C=O) groups excluding carboxylic acids is 1. The fraction of sp³-hybridized carbons (Fsp3) is 0.231. The van der Waals surface area contributed by atoms with Gasteiger partial charge in [0.05, 0.1) is 28.4 Å². The minimum atomic E-state index is -0.372. The van der Waals surface area contributed by atoms with Gasteiger partial charge in [0, 0.05) is 12.1 Å². The van der Waals surface area contributed by atoms with Gasteiger partial charge in [-0.15, -0.1) is 11.3 Å². The molecule has 0 saturated heterocycles. The van der Waals surface area contributed by atoms with Gasteiger partial charge in [0.25, 0.3) is 5.91 Å². The summed E-state index contributed by atoms with van der Waals surface area (Å²) in [5, 5.41) is 6.75. The Morgan fingerprint density at radius 3 is 2.64 bits per heavy atom. The first-order valence-corrected chi connectivity index (χ1v) is 12.0. The van der Waals surface area contributed by atoms with Gasteiger partial charge in [-0.05, 0) is 55.0 Å². The van der Waals surface area contributed by atoms with E-state index in [2.05, 4.69) is 0 Å². The van der Waals surface area contributed by atoms with E-state index in [0.29, 0.717) is 24.6 Å². The number of rotatable bonds is 8. The fourth-order valence-corrected chi connectivity index (χ4v) is 4.56. The van der Waals surface area contributed by atoms with E-state index in [-0.39, 0.29) is 17.8 Å². The smallest absolute Gasteiger partial charge is 0.264 e. The third-order valence-corrected chi connectivity index (χ3v) is 6.53. The average Bonchev–Trinajstić information content (AvgIpc) is 3.40. The number of hydrogen-bond acceptors (Lipinski definition) is 4. The lowest BCUT2D eigenvalue weighted by atomic mass is 10.1. The lowest BCUT2D eigenvalue weighted by Gasteiger charge is -2.22. The molecule has 5 rings (SSSR count). The first kappa shape index (κ1) is 21.4. The van der Waals surface area contributed by atoms with Crippen LogP contribution in [0.25, 0.3) is 5.69 Å². The van der Waals surface area contributed by atoms with Crippen molar-refractivity contribution < 1.29 is 13.9 Å². The Labute approximate surface area is 196 Å². The largest absolute Gasteiger partial charge is 0.438 e. The number of thiophene rings is 1. The number of carbonyl (C=O) groups is 1. The molecule has 0 N–H and O–H groups in total. The summed E-state index contributed by atoms with van der Waals surface area (Å²) in [6.07, 6.45) is 2.66. The minimum Gasteiger partial charge on any atom is -0.438 e. The van der Waals surface area contributed by atoms with E-state index in [1.165, 1.54) is 23.5 Å². The van der Waals surface area contributed by atoms with Gasteiger partial charge in [-0.25, -0.2) is 9.07 Å². The Balaban J connectivity index is 1.59. The number of aryl methyl sites for hydroxylation is 1. The van der Waals surface area contributed by atoms with Gasteiger partial charge < -0.3 is 9.64 Å². The van der Waals surface area contributed by atoms with Crippen molar-refractivity contribution in [3.8, 4) is 17.3 Å². The summed E-state index contributed by atoms with van der Waals surface area (Å²) in [4.78, 5) is 16.0. The molecule has 2 aromatic heterocycles. The zero-order valence-corrected chi connectivity index (χ0v) is 19.1. The highest BCUT2D eigenvalue weighted by Gasteiger charge is 2.35. The van der Waals surface area contributed by atoms with Crippen molar-refractivity contribution in [2.75, 3.05) is 0 Å². The molecule has 0 unspecified atom stereocenters. The Bertz CT molecular complexity index is 1250. The molecular formula is C26H24FN3O2S. The van der Waals surface area contributed by atoms with Crippen LogP contribution >= 0.6 is 11.3 Å².